The second-order valence-corrected chi connectivity index (χ2v) is 6.25. The van der Waals surface area contributed by atoms with E-state index in [0.29, 0.717) is 17.1 Å². The maximum atomic E-state index is 12.4. The van der Waals surface area contributed by atoms with E-state index < -0.39 is 9.84 Å². The number of methoxy groups -OCH3 is 2. The van der Waals surface area contributed by atoms with Crippen LogP contribution in [0.15, 0.2) is 41.6 Å². The number of nitrogen functional groups attached to an aromatic ring is 1. The molecule has 0 unspecified atom stereocenters. The highest BCUT2D eigenvalue weighted by Crippen LogP contribution is 2.29. The molecule has 0 bridgehead atoms. The highest BCUT2D eigenvalue weighted by molar-refractivity contribution is 7.90. The summed E-state index contributed by atoms with van der Waals surface area (Å²) in [6.07, 6.45) is 1.40. The number of anilines is 1. The van der Waals surface area contributed by atoms with Crippen LogP contribution in [0.3, 0.4) is 0 Å². The minimum Gasteiger partial charge on any atom is -0.493 e. The van der Waals surface area contributed by atoms with Gasteiger partial charge in [-0.25, -0.2) is 13.4 Å². The molecule has 1 heterocycles. The van der Waals surface area contributed by atoms with Gasteiger partial charge >= 0.3 is 0 Å². The first-order chi connectivity index (χ1) is 9.97. The van der Waals surface area contributed by atoms with Gasteiger partial charge < -0.3 is 15.2 Å². The lowest BCUT2D eigenvalue weighted by Crippen LogP contribution is -2.10. The molecule has 2 N–H and O–H groups in total. The summed E-state index contributed by atoms with van der Waals surface area (Å²) in [4.78, 5) is 3.85. The number of sulfone groups is 1. The average molecular weight is 308 g/mol. The normalized spacial score (nSPS) is 11.1. The van der Waals surface area contributed by atoms with Gasteiger partial charge in [0.2, 0.25) is 9.84 Å². The van der Waals surface area contributed by atoms with Gasteiger partial charge in [0.15, 0.2) is 16.5 Å². The van der Waals surface area contributed by atoms with Gasteiger partial charge in [0, 0.05) is 6.20 Å². The summed E-state index contributed by atoms with van der Waals surface area (Å²) in [5, 5.41) is -0.111. The first-order valence-electron chi connectivity index (χ1n) is 6.12. The smallest absolute Gasteiger partial charge is 0.201 e. The summed E-state index contributed by atoms with van der Waals surface area (Å²) in [5.74, 6) is 0.796. The standard InChI is InChI=1S/C14H16N2O4S/c1-19-12-6-5-10(8-13(12)20-2)9-21(17,18)14-11(15)4-3-7-16-14/h3-8H,9,15H2,1-2H3. The van der Waals surface area contributed by atoms with Gasteiger partial charge in [0.1, 0.15) is 0 Å². The minimum atomic E-state index is -3.62. The number of rotatable bonds is 5. The average Bonchev–Trinajstić information content (AvgIpc) is 2.47. The maximum Gasteiger partial charge on any atom is 0.201 e. The number of ether oxygens (including phenoxy) is 2. The lowest BCUT2D eigenvalue weighted by Gasteiger charge is -2.10. The molecule has 0 fully saturated rings. The molecule has 0 aliphatic heterocycles. The molecule has 7 heteroatoms. The monoisotopic (exact) mass is 308 g/mol. The molecule has 0 saturated heterocycles. The van der Waals surface area contributed by atoms with Gasteiger partial charge in [0.25, 0.3) is 0 Å². The van der Waals surface area contributed by atoms with Gasteiger partial charge in [-0.1, -0.05) is 6.07 Å². The van der Waals surface area contributed by atoms with E-state index in [0.717, 1.165) is 0 Å². The van der Waals surface area contributed by atoms with Crippen LogP contribution in [-0.2, 0) is 15.6 Å². The minimum absolute atomic E-state index is 0.111. The summed E-state index contributed by atoms with van der Waals surface area (Å²) >= 11 is 0. The molecule has 0 radical (unpaired) electrons. The molecule has 6 nitrogen and oxygen atoms in total. The molecule has 0 amide bonds. The Labute approximate surface area is 123 Å². The van der Waals surface area contributed by atoms with Crippen LogP contribution < -0.4 is 15.2 Å². The molecule has 0 aliphatic rings. The highest BCUT2D eigenvalue weighted by Gasteiger charge is 2.20. The molecule has 21 heavy (non-hydrogen) atoms. The van der Waals surface area contributed by atoms with Crippen molar-refractivity contribution in [1.29, 1.82) is 0 Å². The van der Waals surface area contributed by atoms with Crippen molar-refractivity contribution in [3.63, 3.8) is 0 Å². The summed E-state index contributed by atoms with van der Waals surface area (Å²) in [7, 11) is -0.611. The number of hydrogen-bond donors (Lipinski definition) is 1. The van der Waals surface area contributed by atoms with Gasteiger partial charge in [-0.2, -0.15) is 0 Å². The van der Waals surface area contributed by atoms with Gasteiger partial charge in [-0.15, -0.1) is 0 Å². The molecule has 0 saturated carbocycles. The summed E-state index contributed by atoms with van der Waals surface area (Å²) in [5.41, 5.74) is 6.38. The second-order valence-electron chi connectivity index (χ2n) is 4.35. The number of nitrogens with zero attached hydrogens (tertiary/aromatic N) is 1. The summed E-state index contributed by atoms with van der Waals surface area (Å²) < 4.78 is 35.0. The van der Waals surface area contributed by atoms with Crippen molar-refractivity contribution in [2.45, 2.75) is 10.8 Å². The van der Waals surface area contributed by atoms with Crippen molar-refractivity contribution >= 4 is 15.5 Å². The lowest BCUT2D eigenvalue weighted by atomic mass is 10.2. The zero-order valence-corrected chi connectivity index (χ0v) is 12.6. The van der Waals surface area contributed by atoms with E-state index in [4.69, 9.17) is 15.2 Å². The summed E-state index contributed by atoms with van der Waals surface area (Å²) in [6.45, 7) is 0. The third-order valence-corrected chi connectivity index (χ3v) is 4.54. The molecule has 2 aromatic rings. The van der Waals surface area contributed by atoms with Crippen LogP contribution in [0.1, 0.15) is 5.56 Å². The van der Waals surface area contributed by atoms with Crippen LogP contribution in [0, 0.1) is 0 Å². The predicted octanol–water partition coefficient (Wildman–Crippen LogP) is 1.65. The van der Waals surface area contributed by atoms with Crippen LogP contribution >= 0.6 is 0 Å². The molecular weight excluding hydrogens is 292 g/mol. The summed E-state index contributed by atoms with van der Waals surface area (Å²) in [6, 6.07) is 8.04. The Balaban J connectivity index is 2.35. The van der Waals surface area contributed by atoms with Crippen LogP contribution in [0.2, 0.25) is 0 Å². The Hall–Kier alpha value is -2.28. The first kappa shape index (κ1) is 15.1. The van der Waals surface area contributed by atoms with E-state index in [1.807, 2.05) is 0 Å². The van der Waals surface area contributed by atoms with E-state index in [1.165, 1.54) is 26.5 Å². The van der Waals surface area contributed by atoms with Gasteiger partial charge in [0.05, 0.1) is 25.7 Å². The fourth-order valence-electron chi connectivity index (χ4n) is 1.92. The van der Waals surface area contributed by atoms with Crippen LogP contribution in [-0.4, -0.2) is 27.6 Å². The molecule has 2 rings (SSSR count). The Kier molecular flexibility index (Phi) is 4.32. The Morgan fingerprint density at radius 2 is 1.86 bits per heavy atom. The maximum absolute atomic E-state index is 12.4. The molecule has 1 aromatic carbocycles. The number of benzene rings is 1. The van der Waals surface area contributed by atoms with Gasteiger partial charge in [-0.3, -0.25) is 0 Å². The van der Waals surface area contributed by atoms with Crippen LogP contribution in [0.4, 0.5) is 5.69 Å². The molecule has 0 atom stereocenters. The van der Waals surface area contributed by atoms with E-state index >= 15 is 0 Å². The van der Waals surface area contributed by atoms with Crippen molar-refractivity contribution in [2.24, 2.45) is 0 Å². The third kappa shape index (κ3) is 3.25. The van der Waals surface area contributed by atoms with Crippen LogP contribution in [0.25, 0.3) is 0 Å². The van der Waals surface area contributed by atoms with Crippen LogP contribution in [0.5, 0.6) is 11.5 Å². The second kappa shape index (κ2) is 6.01. The highest BCUT2D eigenvalue weighted by atomic mass is 32.2. The largest absolute Gasteiger partial charge is 0.493 e. The predicted molar refractivity (Wildman–Crippen MR) is 79.1 cm³/mol. The van der Waals surface area contributed by atoms with Crippen molar-refractivity contribution in [3.8, 4) is 11.5 Å². The zero-order chi connectivity index (χ0) is 15.5. The Morgan fingerprint density at radius 3 is 2.48 bits per heavy atom. The zero-order valence-electron chi connectivity index (χ0n) is 11.7. The number of pyridine rings is 1. The fraction of sp³-hybridized carbons (Fsp3) is 0.214. The number of aromatic nitrogens is 1. The fourth-order valence-corrected chi connectivity index (χ4v) is 3.33. The topological polar surface area (TPSA) is 91.5 Å². The molecule has 0 aliphatic carbocycles. The number of nitrogens with two attached hydrogens (primary N) is 1. The SMILES string of the molecule is COc1ccc(CS(=O)(=O)c2ncccc2N)cc1OC. The first-order valence-corrected chi connectivity index (χ1v) is 7.77. The Bertz CT molecular complexity index is 744. The Morgan fingerprint density at radius 1 is 1.14 bits per heavy atom. The molecular formula is C14H16N2O4S. The van der Waals surface area contributed by atoms with Crippen molar-refractivity contribution in [3.05, 3.63) is 42.1 Å². The molecule has 112 valence electrons. The lowest BCUT2D eigenvalue weighted by molar-refractivity contribution is 0.354. The third-order valence-electron chi connectivity index (χ3n) is 2.90. The van der Waals surface area contributed by atoms with E-state index in [9.17, 15) is 8.42 Å². The van der Waals surface area contributed by atoms with E-state index in [1.54, 1.807) is 24.3 Å². The van der Waals surface area contributed by atoms with Crippen molar-refractivity contribution in [2.75, 3.05) is 20.0 Å². The van der Waals surface area contributed by atoms with E-state index in [-0.39, 0.29) is 16.5 Å². The number of hydrogen-bond acceptors (Lipinski definition) is 6. The van der Waals surface area contributed by atoms with Gasteiger partial charge in [-0.05, 0) is 29.8 Å². The quantitative estimate of drug-likeness (QED) is 0.903. The van der Waals surface area contributed by atoms with Crippen molar-refractivity contribution < 1.29 is 17.9 Å². The van der Waals surface area contributed by atoms with Crippen molar-refractivity contribution in [1.82, 2.24) is 4.98 Å². The molecule has 1 aromatic heterocycles. The van der Waals surface area contributed by atoms with E-state index in [2.05, 4.69) is 4.98 Å². The molecule has 0 spiro atoms.